The van der Waals surface area contributed by atoms with E-state index in [9.17, 15) is 14.0 Å². The number of likely N-dealkylation sites (tertiary alicyclic amines) is 1. The molecular formula is C19H15BrFN3O2. The Morgan fingerprint density at radius 1 is 1.19 bits per heavy atom. The van der Waals surface area contributed by atoms with E-state index in [0.717, 1.165) is 10.9 Å². The summed E-state index contributed by atoms with van der Waals surface area (Å²) in [5.74, 6) is -1.23. The number of fused-ring (bicyclic) bond motifs is 1. The van der Waals surface area contributed by atoms with Crippen LogP contribution in [-0.4, -0.2) is 34.8 Å². The lowest BCUT2D eigenvalue weighted by Crippen LogP contribution is -2.54. The summed E-state index contributed by atoms with van der Waals surface area (Å²) in [5.41, 5.74) is 1.63. The number of anilines is 1. The number of hydrogen-bond donors (Lipinski definition) is 2. The lowest BCUT2D eigenvalue weighted by molar-refractivity contribution is -0.123. The molecule has 0 bridgehead atoms. The number of halogens is 2. The number of hydrogen-bond acceptors (Lipinski definition) is 2. The molecule has 2 amide bonds. The van der Waals surface area contributed by atoms with Crippen LogP contribution in [0.1, 0.15) is 10.4 Å². The smallest absolute Gasteiger partial charge is 0.256 e. The van der Waals surface area contributed by atoms with Crippen LogP contribution in [0.4, 0.5) is 10.1 Å². The molecule has 0 saturated carbocycles. The van der Waals surface area contributed by atoms with Crippen molar-refractivity contribution in [1.29, 1.82) is 0 Å². The van der Waals surface area contributed by atoms with Gasteiger partial charge in [0.05, 0.1) is 17.2 Å². The zero-order chi connectivity index (χ0) is 18.3. The van der Waals surface area contributed by atoms with Crippen LogP contribution in [0.3, 0.4) is 0 Å². The number of nitrogens with one attached hydrogen (secondary N) is 2. The molecule has 7 heteroatoms. The Balaban J connectivity index is 1.40. The highest BCUT2D eigenvalue weighted by Crippen LogP contribution is 2.26. The molecule has 1 aliphatic rings. The molecule has 0 spiro atoms. The Kier molecular flexibility index (Phi) is 4.24. The first-order chi connectivity index (χ1) is 12.5. The maximum absolute atomic E-state index is 13.8. The predicted molar refractivity (Wildman–Crippen MR) is 100 cm³/mol. The molecule has 1 aromatic heterocycles. The number of nitrogens with zero attached hydrogens (tertiary/aromatic N) is 1. The molecule has 2 heterocycles. The van der Waals surface area contributed by atoms with Crippen LogP contribution in [0, 0.1) is 11.7 Å². The molecule has 1 aliphatic heterocycles. The second-order valence-electron chi connectivity index (χ2n) is 6.27. The fraction of sp³-hybridized carbons (Fsp3) is 0.158. The summed E-state index contributed by atoms with van der Waals surface area (Å²) in [6.07, 6.45) is 1.69. The minimum atomic E-state index is -0.501. The van der Waals surface area contributed by atoms with Gasteiger partial charge in [-0.1, -0.05) is 34.1 Å². The van der Waals surface area contributed by atoms with Crippen LogP contribution in [0.5, 0.6) is 0 Å². The zero-order valence-electron chi connectivity index (χ0n) is 13.6. The van der Waals surface area contributed by atoms with E-state index in [-0.39, 0.29) is 23.4 Å². The highest BCUT2D eigenvalue weighted by atomic mass is 79.9. The quantitative estimate of drug-likeness (QED) is 0.683. The monoisotopic (exact) mass is 415 g/mol. The summed E-state index contributed by atoms with van der Waals surface area (Å²) in [6.45, 7) is 0.643. The Morgan fingerprint density at radius 2 is 1.96 bits per heavy atom. The van der Waals surface area contributed by atoms with Gasteiger partial charge in [-0.3, -0.25) is 9.59 Å². The summed E-state index contributed by atoms with van der Waals surface area (Å²) in [6, 6.07) is 12.0. The normalized spacial score (nSPS) is 14.3. The van der Waals surface area contributed by atoms with Crippen LogP contribution in [0.15, 0.2) is 53.1 Å². The molecule has 0 atom stereocenters. The number of carbonyl (C=O) groups is 2. The van der Waals surface area contributed by atoms with Crippen molar-refractivity contribution in [3.05, 3.63) is 64.5 Å². The Hall–Kier alpha value is -2.67. The summed E-state index contributed by atoms with van der Waals surface area (Å²) in [4.78, 5) is 29.6. The molecule has 3 aromatic rings. The van der Waals surface area contributed by atoms with Crippen molar-refractivity contribution < 1.29 is 14.0 Å². The van der Waals surface area contributed by atoms with Crippen LogP contribution in [0.2, 0.25) is 0 Å². The number of rotatable bonds is 3. The highest BCUT2D eigenvalue weighted by molar-refractivity contribution is 9.10. The van der Waals surface area contributed by atoms with Crippen LogP contribution >= 0.6 is 15.9 Å². The molecule has 1 fully saturated rings. The van der Waals surface area contributed by atoms with Crippen molar-refractivity contribution in [3.63, 3.8) is 0 Å². The molecule has 0 unspecified atom stereocenters. The number of para-hydroxylation sites is 1. The van der Waals surface area contributed by atoms with Crippen molar-refractivity contribution >= 4 is 44.3 Å². The number of H-pyrrole nitrogens is 1. The Labute approximate surface area is 157 Å². The van der Waals surface area contributed by atoms with Crippen LogP contribution in [-0.2, 0) is 4.79 Å². The summed E-state index contributed by atoms with van der Waals surface area (Å²) in [5, 5.41) is 3.45. The third-order valence-electron chi connectivity index (χ3n) is 4.55. The second kappa shape index (κ2) is 6.57. The average molecular weight is 416 g/mol. The van der Waals surface area contributed by atoms with Crippen molar-refractivity contribution in [2.45, 2.75) is 0 Å². The van der Waals surface area contributed by atoms with Crippen molar-refractivity contribution in [2.24, 2.45) is 5.92 Å². The molecule has 0 aliphatic carbocycles. The lowest BCUT2D eigenvalue weighted by Gasteiger charge is -2.38. The molecule has 2 N–H and O–H groups in total. The molecular weight excluding hydrogens is 401 g/mol. The van der Waals surface area contributed by atoms with E-state index in [1.165, 1.54) is 12.1 Å². The molecule has 4 rings (SSSR count). The SMILES string of the molecule is O=C(Nc1ccc(Br)cc1F)C1CN(C(=O)c2c[nH]c3ccccc23)C1. The molecule has 132 valence electrons. The Bertz CT molecular complexity index is 1010. The van der Waals surface area contributed by atoms with Crippen molar-refractivity contribution in [2.75, 3.05) is 18.4 Å². The van der Waals surface area contributed by atoms with Crippen molar-refractivity contribution in [1.82, 2.24) is 9.88 Å². The van der Waals surface area contributed by atoms with E-state index in [1.807, 2.05) is 24.3 Å². The predicted octanol–water partition coefficient (Wildman–Crippen LogP) is 3.78. The summed E-state index contributed by atoms with van der Waals surface area (Å²) >= 11 is 3.18. The van der Waals surface area contributed by atoms with Gasteiger partial charge < -0.3 is 15.2 Å². The first-order valence-electron chi connectivity index (χ1n) is 8.14. The molecule has 2 aromatic carbocycles. The topological polar surface area (TPSA) is 65.2 Å². The molecule has 1 saturated heterocycles. The van der Waals surface area contributed by atoms with E-state index in [0.29, 0.717) is 23.1 Å². The first kappa shape index (κ1) is 16.8. The van der Waals surface area contributed by atoms with Gasteiger partial charge in [-0.05, 0) is 24.3 Å². The van der Waals surface area contributed by atoms with Gasteiger partial charge in [0.15, 0.2) is 0 Å². The van der Waals surface area contributed by atoms with E-state index in [4.69, 9.17) is 0 Å². The van der Waals surface area contributed by atoms with Gasteiger partial charge >= 0.3 is 0 Å². The van der Waals surface area contributed by atoms with Gasteiger partial charge in [-0.2, -0.15) is 0 Å². The van der Waals surface area contributed by atoms with E-state index in [1.54, 1.807) is 17.2 Å². The number of carbonyl (C=O) groups excluding carboxylic acids is 2. The van der Waals surface area contributed by atoms with Gasteiger partial charge in [0.25, 0.3) is 5.91 Å². The standard InChI is InChI=1S/C19H15BrFN3O2/c20-12-5-6-17(15(21)7-12)23-18(25)11-9-24(10-11)19(26)14-8-22-16-4-2-1-3-13(14)16/h1-8,11,22H,9-10H2,(H,23,25). The Morgan fingerprint density at radius 3 is 2.73 bits per heavy atom. The van der Waals surface area contributed by atoms with E-state index >= 15 is 0 Å². The maximum Gasteiger partial charge on any atom is 0.256 e. The molecule has 0 radical (unpaired) electrons. The van der Waals surface area contributed by atoms with Crippen LogP contribution < -0.4 is 5.32 Å². The number of amides is 2. The summed E-state index contributed by atoms with van der Waals surface area (Å²) in [7, 11) is 0. The molecule has 26 heavy (non-hydrogen) atoms. The number of aromatic nitrogens is 1. The zero-order valence-corrected chi connectivity index (χ0v) is 15.2. The average Bonchev–Trinajstić information content (AvgIpc) is 3.00. The third-order valence-corrected chi connectivity index (χ3v) is 5.04. The van der Waals surface area contributed by atoms with Gasteiger partial charge in [0, 0.05) is 34.7 Å². The lowest BCUT2D eigenvalue weighted by atomic mass is 9.97. The second-order valence-corrected chi connectivity index (χ2v) is 7.18. The fourth-order valence-corrected chi connectivity index (χ4v) is 3.39. The van der Waals surface area contributed by atoms with Gasteiger partial charge in [0.1, 0.15) is 5.82 Å². The number of aromatic amines is 1. The molecule has 5 nitrogen and oxygen atoms in total. The minimum Gasteiger partial charge on any atom is -0.360 e. The van der Waals surface area contributed by atoms with E-state index in [2.05, 4.69) is 26.2 Å². The number of benzene rings is 2. The van der Waals surface area contributed by atoms with Crippen molar-refractivity contribution in [3.8, 4) is 0 Å². The van der Waals surface area contributed by atoms with E-state index < -0.39 is 5.82 Å². The fourth-order valence-electron chi connectivity index (χ4n) is 3.05. The van der Waals surface area contributed by atoms with Gasteiger partial charge in [0.2, 0.25) is 5.91 Å². The van der Waals surface area contributed by atoms with Crippen LogP contribution in [0.25, 0.3) is 10.9 Å². The third kappa shape index (κ3) is 2.99. The van der Waals surface area contributed by atoms with Gasteiger partial charge in [-0.15, -0.1) is 0 Å². The first-order valence-corrected chi connectivity index (χ1v) is 8.93. The van der Waals surface area contributed by atoms with Gasteiger partial charge in [-0.25, -0.2) is 4.39 Å². The minimum absolute atomic E-state index is 0.110. The summed E-state index contributed by atoms with van der Waals surface area (Å²) < 4.78 is 14.4. The highest BCUT2D eigenvalue weighted by Gasteiger charge is 2.36. The maximum atomic E-state index is 13.8. The largest absolute Gasteiger partial charge is 0.360 e.